The molecule has 2 aromatic rings. The molecule has 0 saturated carbocycles. The number of nitrogens with zero attached hydrogens (tertiary/aromatic N) is 3. The fourth-order valence-corrected chi connectivity index (χ4v) is 2.94. The second-order valence-corrected chi connectivity index (χ2v) is 5.65. The van der Waals surface area contributed by atoms with Crippen LogP contribution in [0.2, 0.25) is 0 Å². The molecule has 4 heteroatoms. The Morgan fingerprint density at radius 2 is 2.16 bits per heavy atom. The van der Waals surface area contributed by atoms with E-state index >= 15 is 0 Å². The molecule has 0 unspecified atom stereocenters. The van der Waals surface area contributed by atoms with Crippen LogP contribution in [0, 0.1) is 5.92 Å². The number of nitrogens with two attached hydrogens (primary N) is 1. The van der Waals surface area contributed by atoms with Crippen LogP contribution in [0.15, 0.2) is 24.5 Å². The van der Waals surface area contributed by atoms with Crippen molar-refractivity contribution in [3.05, 3.63) is 35.8 Å². The Hall–Kier alpha value is -1.39. The first-order valence-corrected chi connectivity index (χ1v) is 7.10. The molecule has 1 saturated heterocycles. The molecule has 0 spiro atoms. The van der Waals surface area contributed by atoms with Gasteiger partial charge >= 0.3 is 0 Å². The molecule has 4 nitrogen and oxygen atoms in total. The predicted octanol–water partition coefficient (Wildman–Crippen LogP) is 1.68. The van der Waals surface area contributed by atoms with E-state index in [2.05, 4.69) is 34.8 Å². The molecule has 102 valence electrons. The molecule has 2 aromatic heterocycles. The van der Waals surface area contributed by atoms with Gasteiger partial charge in [-0.25, -0.2) is 4.98 Å². The van der Waals surface area contributed by atoms with E-state index in [1.165, 1.54) is 31.6 Å². The fraction of sp³-hybridized carbons (Fsp3) is 0.533. The number of pyridine rings is 1. The predicted molar refractivity (Wildman–Crippen MR) is 77.0 cm³/mol. The van der Waals surface area contributed by atoms with Crippen LogP contribution in [0.25, 0.3) is 5.65 Å². The average Bonchev–Trinajstić information content (AvgIpc) is 2.83. The highest BCUT2D eigenvalue weighted by atomic mass is 15.1. The van der Waals surface area contributed by atoms with Crippen LogP contribution in [-0.4, -0.2) is 34.4 Å². The summed E-state index contributed by atoms with van der Waals surface area (Å²) < 4.78 is 2.10. The monoisotopic (exact) mass is 258 g/mol. The Bertz CT molecular complexity index is 552. The van der Waals surface area contributed by atoms with Crippen LogP contribution in [-0.2, 0) is 13.0 Å². The molecule has 0 aromatic carbocycles. The minimum atomic E-state index is 0.551. The third-order valence-corrected chi connectivity index (χ3v) is 4.17. The van der Waals surface area contributed by atoms with Crippen LogP contribution in [0.1, 0.15) is 24.1 Å². The van der Waals surface area contributed by atoms with Crippen LogP contribution in [0.5, 0.6) is 0 Å². The smallest absolute Gasteiger partial charge is 0.141 e. The van der Waals surface area contributed by atoms with Crippen molar-refractivity contribution in [3.8, 4) is 0 Å². The fourth-order valence-electron chi connectivity index (χ4n) is 2.94. The minimum absolute atomic E-state index is 0.551. The molecule has 0 atom stereocenters. The van der Waals surface area contributed by atoms with Crippen LogP contribution in [0.4, 0.5) is 0 Å². The molecular formula is C15H22N4. The molecular weight excluding hydrogens is 236 g/mol. The maximum atomic E-state index is 5.77. The lowest BCUT2D eigenvalue weighted by Gasteiger charge is -2.28. The summed E-state index contributed by atoms with van der Waals surface area (Å²) in [6, 6.07) is 4.10. The van der Waals surface area contributed by atoms with Crippen LogP contribution in [0.3, 0.4) is 0 Å². The third kappa shape index (κ3) is 2.65. The lowest BCUT2D eigenvalue weighted by atomic mass is 9.93. The van der Waals surface area contributed by atoms with E-state index in [0.29, 0.717) is 6.54 Å². The summed E-state index contributed by atoms with van der Waals surface area (Å²) in [6.45, 7) is 2.98. The van der Waals surface area contributed by atoms with Gasteiger partial charge in [-0.15, -0.1) is 0 Å². The van der Waals surface area contributed by atoms with E-state index in [4.69, 9.17) is 10.7 Å². The van der Waals surface area contributed by atoms with Gasteiger partial charge in [-0.3, -0.25) is 0 Å². The van der Waals surface area contributed by atoms with Gasteiger partial charge in [0.05, 0.1) is 5.69 Å². The van der Waals surface area contributed by atoms with Crippen molar-refractivity contribution in [2.45, 2.75) is 25.8 Å². The maximum absolute atomic E-state index is 5.77. The highest BCUT2D eigenvalue weighted by Gasteiger charge is 2.18. The van der Waals surface area contributed by atoms with Gasteiger partial charge in [-0.1, -0.05) is 6.07 Å². The molecule has 0 radical (unpaired) electrons. The number of piperidine rings is 1. The van der Waals surface area contributed by atoms with E-state index in [-0.39, 0.29) is 0 Å². The number of hydrogen-bond acceptors (Lipinski definition) is 3. The Labute approximate surface area is 114 Å². The van der Waals surface area contributed by atoms with Gasteiger partial charge < -0.3 is 15.0 Å². The van der Waals surface area contributed by atoms with E-state index < -0.39 is 0 Å². The number of likely N-dealkylation sites (tertiary alicyclic amines) is 1. The molecule has 0 amide bonds. The first-order valence-electron chi connectivity index (χ1n) is 7.10. The zero-order valence-electron chi connectivity index (χ0n) is 11.5. The number of imidazole rings is 1. The second kappa shape index (κ2) is 5.31. The largest absolute Gasteiger partial charge is 0.326 e. The first-order chi connectivity index (χ1) is 9.26. The van der Waals surface area contributed by atoms with Crippen molar-refractivity contribution in [3.63, 3.8) is 0 Å². The highest BCUT2D eigenvalue weighted by Crippen LogP contribution is 2.21. The van der Waals surface area contributed by atoms with Gasteiger partial charge in [0, 0.05) is 24.5 Å². The molecule has 1 aliphatic rings. The van der Waals surface area contributed by atoms with Crippen molar-refractivity contribution in [2.24, 2.45) is 11.7 Å². The summed E-state index contributed by atoms with van der Waals surface area (Å²) in [4.78, 5) is 7.18. The summed E-state index contributed by atoms with van der Waals surface area (Å²) in [5.41, 5.74) is 9.11. The minimum Gasteiger partial charge on any atom is -0.326 e. The molecule has 0 aliphatic carbocycles. The molecule has 19 heavy (non-hydrogen) atoms. The van der Waals surface area contributed by atoms with Gasteiger partial charge in [0.2, 0.25) is 0 Å². The second-order valence-electron chi connectivity index (χ2n) is 5.65. The normalized spacial score (nSPS) is 18.2. The van der Waals surface area contributed by atoms with Crippen LogP contribution >= 0.6 is 0 Å². The summed E-state index contributed by atoms with van der Waals surface area (Å²) >= 11 is 0. The Balaban J connectivity index is 1.78. The molecule has 1 fully saturated rings. The van der Waals surface area contributed by atoms with Crippen molar-refractivity contribution in [1.82, 2.24) is 14.3 Å². The summed E-state index contributed by atoms with van der Waals surface area (Å²) in [5, 5.41) is 0. The van der Waals surface area contributed by atoms with E-state index in [1.54, 1.807) is 0 Å². The van der Waals surface area contributed by atoms with E-state index in [0.717, 1.165) is 23.5 Å². The standard InChI is InChI=1S/C15H22N4/c1-18-7-4-12(5-8-18)9-14-11-19-6-2-3-13(10-16)15(19)17-14/h2-3,6,11-12H,4-5,7-10,16H2,1H3. The van der Waals surface area contributed by atoms with Crippen LogP contribution < -0.4 is 5.73 Å². The molecule has 1 aliphatic heterocycles. The summed E-state index contributed by atoms with van der Waals surface area (Å²) in [7, 11) is 2.20. The molecule has 3 rings (SSSR count). The zero-order valence-corrected chi connectivity index (χ0v) is 11.5. The van der Waals surface area contributed by atoms with Gasteiger partial charge in [-0.05, 0) is 51.4 Å². The van der Waals surface area contributed by atoms with Crippen molar-refractivity contribution < 1.29 is 0 Å². The molecule has 2 N–H and O–H groups in total. The van der Waals surface area contributed by atoms with Gasteiger partial charge in [0.25, 0.3) is 0 Å². The van der Waals surface area contributed by atoms with Crippen molar-refractivity contribution >= 4 is 5.65 Å². The van der Waals surface area contributed by atoms with Gasteiger partial charge in [0.1, 0.15) is 5.65 Å². The molecule has 0 bridgehead atoms. The van der Waals surface area contributed by atoms with Crippen molar-refractivity contribution in [2.75, 3.05) is 20.1 Å². The van der Waals surface area contributed by atoms with Gasteiger partial charge in [-0.2, -0.15) is 0 Å². The lowest BCUT2D eigenvalue weighted by Crippen LogP contribution is -2.30. The number of aromatic nitrogens is 2. The SMILES string of the molecule is CN1CCC(Cc2cn3cccc(CN)c3n2)CC1. The zero-order chi connectivity index (χ0) is 13.2. The first kappa shape index (κ1) is 12.6. The topological polar surface area (TPSA) is 46.6 Å². The van der Waals surface area contributed by atoms with E-state index in [1.807, 2.05) is 6.07 Å². The highest BCUT2D eigenvalue weighted by molar-refractivity contribution is 5.48. The number of fused-ring (bicyclic) bond motifs is 1. The quantitative estimate of drug-likeness (QED) is 0.911. The lowest BCUT2D eigenvalue weighted by molar-refractivity contribution is 0.218. The third-order valence-electron chi connectivity index (χ3n) is 4.17. The summed E-state index contributed by atoms with van der Waals surface area (Å²) in [6.07, 6.45) is 7.88. The Morgan fingerprint density at radius 3 is 2.89 bits per heavy atom. The summed E-state index contributed by atoms with van der Waals surface area (Å²) in [5.74, 6) is 0.780. The number of rotatable bonds is 3. The van der Waals surface area contributed by atoms with Crippen molar-refractivity contribution in [1.29, 1.82) is 0 Å². The Morgan fingerprint density at radius 1 is 1.37 bits per heavy atom. The Kier molecular flexibility index (Phi) is 3.53. The number of hydrogen-bond donors (Lipinski definition) is 1. The average molecular weight is 258 g/mol. The molecule has 3 heterocycles. The maximum Gasteiger partial charge on any atom is 0.141 e. The van der Waals surface area contributed by atoms with Gasteiger partial charge in [0.15, 0.2) is 0 Å². The van der Waals surface area contributed by atoms with E-state index in [9.17, 15) is 0 Å².